The second-order valence-electron chi connectivity index (χ2n) is 9.45. The van der Waals surface area contributed by atoms with Crippen LogP contribution in [0.5, 0.6) is 0 Å². The molecule has 3 aromatic heterocycles. The molecule has 2 aliphatic rings. The van der Waals surface area contributed by atoms with Crippen molar-refractivity contribution in [2.75, 3.05) is 43.5 Å². The van der Waals surface area contributed by atoms with Crippen LogP contribution in [0.2, 0.25) is 0 Å². The Morgan fingerprint density at radius 3 is 2.81 bits per heavy atom. The summed E-state index contributed by atoms with van der Waals surface area (Å²) in [4.78, 5) is 35.6. The molecule has 190 valence electrons. The first kappa shape index (κ1) is 23.7. The normalized spacial score (nSPS) is 19.1. The lowest BCUT2D eigenvalue weighted by molar-refractivity contribution is 0.0963. The van der Waals surface area contributed by atoms with Gasteiger partial charge in [-0.15, -0.1) is 11.3 Å². The van der Waals surface area contributed by atoms with Crippen LogP contribution in [0.1, 0.15) is 22.5 Å². The summed E-state index contributed by atoms with van der Waals surface area (Å²) < 4.78 is 0.964. The average molecular weight is 517 g/mol. The average Bonchev–Trinajstić information content (AvgIpc) is 3.62. The van der Waals surface area contributed by atoms with Gasteiger partial charge in [-0.3, -0.25) is 9.69 Å². The van der Waals surface area contributed by atoms with Gasteiger partial charge in [-0.05, 0) is 25.5 Å². The van der Waals surface area contributed by atoms with Gasteiger partial charge in [0.2, 0.25) is 5.95 Å². The van der Waals surface area contributed by atoms with Crippen LogP contribution in [0, 0.1) is 6.92 Å². The molecule has 11 heteroatoms. The van der Waals surface area contributed by atoms with Crippen molar-refractivity contribution in [1.29, 1.82) is 0 Å². The van der Waals surface area contributed by atoms with Crippen LogP contribution in [-0.4, -0.2) is 81.2 Å². The highest BCUT2D eigenvalue weighted by molar-refractivity contribution is 7.21. The van der Waals surface area contributed by atoms with E-state index >= 15 is 0 Å². The Hall–Kier alpha value is -3.67. The standard InChI is InChI=1S/C26H28N8O2S/c1-15-8-23(32-26(29-15)34-14-18-10-19(34)13-33(18)6-7-35)31-22-11-20-21(12-28-22)37-25(30-20)17-5-3-4-16(9-17)24(36)27-2/h3-5,8-9,11-12,18-19,35H,6-7,10,13-14H2,1-2H3,(H,27,36)(H,28,29,31,32). The van der Waals surface area contributed by atoms with Gasteiger partial charge < -0.3 is 20.6 Å². The fraction of sp³-hybridized carbons (Fsp3) is 0.346. The lowest BCUT2D eigenvalue weighted by Gasteiger charge is -2.34. The van der Waals surface area contributed by atoms with Gasteiger partial charge in [-0.1, -0.05) is 12.1 Å². The zero-order chi connectivity index (χ0) is 25.5. The van der Waals surface area contributed by atoms with Crippen LogP contribution < -0.4 is 15.5 Å². The molecule has 2 unspecified atom stereocenters. The number of amides is 1. The van der Waals surface area contributed by atoms with E-state index in [-0.39, 0.29) is 12.5 Å². The molecular formula is C26H28N8O2S. The first-order valence-electron chi connectivity index (χ1n) is 12.3. The molecule has 0 spiro atoms. The number of nitrogens with zero attached hydrogens (tertiary/aromatic N) is 6. The molecule has 4 aromatic rings. The number of likely N-dealkylation sites (tertiary alicyclic amines) is 1. The second kappa shape index (κ2) is 9.66. The first-order valence-corrected chi connectivity index (χ1v) is 13.2. The van der Waals surface area contributed by atoms with Gasteiger partial charge in [0, 0.05) is 73.9 Å². The van der Waals surface area contributed by atoms with E-state index in [0.29, 0.717) is 29.3 Å². The summed E-state index contributed by atoms with van der Waals surface area (Å²) in [5, 5.41) is 16.1. The van der Waals surface area contributed by atoms with Crippen LogP contribution in [-0.2, 0) is 0 Å². The minimum atomic E-state index is -0.125. The monoisotopic (exact) mass is 516 g/mol. The van der Waals surface area contributed by atoms with Crippen molar-refractivity contribution in [3.8, 4) is 10.6 Å². The number of aryl methyl sites for hydroxylation is 1. The smallest absolute Gasteiger partial charge is 0.251 e. The van der Waals surface area contributed by atoms with Crippen molar-refractivity contribution in [3.63, 3.8) is 0 Å². The van der Waals surface area contributed by atoms with Gasteiger partial charge in [-0.25, -0.2) is 15.0 Å². The predicted octanol–water partition coefficient (Wildman–Crippen LogP) is 2.82. The number of benzene rings is 1. The van der Waals surface area contributed by atoms with Crippen LogP contribution in [0.15, 0.2) is 42.6 Å². The number of carbonyl (C=O) groups excluding carboxylic acids is 1. The molecule has 5 heterocycles. The third-order valence-corrected chi connectivity index (χ3v) is 8.03. The highest BCUT2D eigenvalue weighted by Crippen LogP contribution is 2.34. The number of hydrogen-bond donors (Lipinski definition) is 3. The number of anilines is 3. The van der Waals surface area contributed by atoms with E-state index in [2.05, 4.69) is 25.4 Å². The molecule has 2 fully saturated rings. The van der Waals surface area contributed by atoms with E-state index in [1.54, 1.807) is 24.5 Å². The lowest BCUT2D eigenvalue weighted by atomic mass is 10.1. The Balaban J connectivity index is 1.22. The van der Waals surface area contributed by atoms with E-state index in [1.807, 2.05) is 43.5 Å². The maximum Gasteiger partial charge on any atom is 0.251 e. The number of β-amino-alcohol motifs (C(OH)–C–C–N with tert-alkyl or cyclic N) is 1. The molecule has 2 bridgehead atoms. The van der Waals surface area contributed by atoms with Crippen LogP contribution in [0.4, 0.5) is 17.6 Å². The Kier molecular flexibility index (Phi) is 6.19. The second-order valence-corrected chi connectivity index (χ2v) is 10.5. The first-order chi connectivity index (χ1) is 18.0. The molecular weight excluding hydrogens is 488 g/mol. The van der Waals surface area contributed by atoms with Crippen molar-refractivity contribution >= 4 is 45.0 Å². The van der Waals surface area contributed by atoms with E-state index in [0.717, 1.165) is 58.5 Å². The van der Waals surface area contributed by atoms with E-state index in [9.17, 15) is 9.90 Å². The summed E-state index contributed by atoms with van der Waals surface area (Å²) in [5.74, 6) is 1.95. The van der Waals surface area contributed by atoms with Crippen LogP contribution in [0.25, 0.3) is 20.8 Å². The number of pyridine rings is 1. The summed E-state index contributed by atoms with van der Waals surface area (Å²) in [6.45, 7) is 4.70. The molecule has 0 radical (unpaired) electrons. The van der Waals surface area contributed by atoms with Gasteiger partial charge in [0.05, 0.1) is 16.8 Å². The summed E-state index contributed by atoms with van der Waals surface area (Å²) in [6.07, 6.45) is 2.89. The van der Waals surface area contributed by atoms with Gasteiger partial charge in [-0.2, -0.15) is 4.98 Å². The Bertz CT molecular complexity index is 1470. The van der Waals surface area contributed by atoms with Gasteiger partial charge in [0.25, 0.3) is 5.91 Å². The highest BCUT2D eigenvalue weighted by atomic mass is 32.1. The van der Waals surface area contributed by atoms with Crippen LogP contribution in [0.3, 0.4) is 0 Å². The number of hydrogen-bond acceptors (Lipinski definition) is 10. The molecule has 6 rings (SSSR count). The summed E-state index contributed by atoms with van der Waals surface area (Å²) in [6, 6.07) is 12.1. The Labute approximate surface area is 218 Å². The van der Waals surface area contributed by atoms with Gasteiger partial charge in [0.1, 0.15) is 16.6 Å². The molecule has 1 amide bonds. The number of aliphatic hydroxyl groups is 1. The quantitative estimate of drug-likeness (QED) is 0.341. The zero-order valence-corrected chi connectivity index (χ0v) is 21.5. The van der Waals surface area contributed by atoms with E-state index in [1.165, 1.54) is 0 Å². The van der Waals surface area contributed by atoms with Crippen molar-refractivity contribution in [2.24, 2.45) is 0 Å². The maximum atomic E-state index is 12.0. The maximum absolute atomic E-state index is 12.0. The Morgan fingerprint density at radius 1 is 1.14 bits per heavy atom. The third kappa shape index (κ3) is 4.61. The topological polar surface area (TPSA) is 119 Å². The molecule has 2 atom stereocenters. The van der Waals surface area contributed by atoms with Crippen LogP contribution >= 0.6 is 11.3 Å². The summed E-state index contributed by atoms with van der Waals surface area (Å²) in [5.41, 5.74) is 3.21. The number of thiazole rings is 1. The molecule has 3 N–H and O–H groups in total. The molecule has 2 aliphatic heterocycles. The number of rotatable bonds is 7. The third-order valence-electron chi connectivity index (χ3n) is 6.97. The predicted molar refractivity (Wildman–Crippen MR) is 144 cm³/mol. The zero-order valence-electron chi connectivity index (χ0n) is 20.7. The largest absolute Gasteiger partial charge is 0.395 e. The molecule has 2 saturated heterocycles. The Morgan fingerprint density at radius 2 is 2.03 bits per heavy atom. The fourth-order valence-electron chi connectivity index (χ4n) is 5.24. The van der Waals surface area contributed by atoms with Crippen molar-refractivity contribution in [3.05, 3.63) is 53.9 Å². The number of carbonyl (C=O) groups is 1. The van der Waals surface area contributed by atoms with Crippen molar-refractivity contribution in [1.82, 2.24) is 30.2 Å². The molecule has 37 heavy (non-hydrogen) atoms. The summed E-state index contributed by atoms with van der Waals surface area (Å²) in [7, 11) is 1.62. The SMILES string of the molecule is CNC(=O)c1cccc(-c2nc3cc(Nc4cc(C)nc(N5CC6CC5CN6CCO)n4)ncc3s2)c1. The number of piperazine rings is 1. The molecule has 0 aliphatic carbocycles. The number of fused-ring (bicyclic) bond motifs is 3. The minimum Gasteiger partial charge on any atom is -0.395 e. The fourth-order valence-corrected chi connectivity index (χ4v) is 6.15. The summed E-state index contributed by atoms with van der Waals surface area (Å²) >= 11 is 1.54. The number of nitrogens with one attached hydrogen (secondary N) is 2. The van der Waals surface area contributed by atoms with Crippen molar-refractivity contribution < 1.29 is 9.90 Å². The highest BCUT2D eigenvalue weighted by Gasteiger charge is 2.43. The minimum absolute atomic E-state index is 0.125. The number of aliphatic hydroxyl groups excluding tert-OH is 1. The van der Waals surface area contributed by atoms with E-state index in [4.69, 9.17) is 15.0 Å². The molecule has 1 aromatic carbocycles. The van der Waals surface area contributed by atoms with Gasteiger partial charge >= 0.3 is 0 Å². The van der Waals surface area contributed by atoms with E-state index < -0.39 is 0 Å². The number of aromatic nitrogens is 4. The van der Waals surface area contributed by atoms with Gasteiger partial charge in [0.15, 0.2) is 0 Å². The molecule has 10 nitrogen and oxygen atoms in total. The van der Waals surface area contributed by atoms with Crippen molar-refractivity contribution in [2.45, 2.75) is 25.4 Å². The molecule has 0 saturated carbocycles. The lowest BCUT2D eigenvalue weighted by Crippen LogP contribution is -2.47.